The molecule has 0 saturated heterocycles. The van der Waals surface area contributed by atoms with Gasteiger partial charge in [0.25, 0.3) is 0 Å². The Labute approximate surface area is 325 Å². The molecule has 0 aliphatic rings. The molecule has 12 rings (SSSR count). The monoisotopic (exact) mass is 731 g/mol. The summed E-state index contributed by atoms with van der Waals surface area (Å²) in [4.78, 5) is 15.3. The molecule has 0 spiro atoms. The minimum absolute atomic E-state index is 0.552. The van der Waals surface area contributed by atoms with Crippen molar-refractivity contribution in [3.8, 4) is 56.4 Å². The van der Waals surface area contributed by atoms with E-state index in [2.05, 4.69) is 91.0 Å². The maximum atomic E-state index is 6.55. The van der Waals surface area contributed by atoms with E-state index in [0.29, 0.717) is 17.5 Å². The Balaban J connectivity index is 1.08. The molecule has 0 radical (unpaired) electrons. The van der Waals surface area contributed by atoms with Gasteiger partial charge in [-0.2, -0.15) is 0 Å². The van der Waals surface area contributed by atoms with Gasteiger partial charge in [-0.1, -0.05) is 121 Å². The maximum absolute atomic E-state index is 6.55. The van der Waals surface area contributed by atoms with Gasteiger partial charge in [-0.05, 0) is 76.9 Å². The molecule has 0 N–H and O–H groups in total. The molecule has 0 bridgehead atoms. The van der Waals surface area contributed by atoms with Crippen LogP contribution < -0.4 is 0 Å². The SMILES string of the molecule is c1ccc(-c2cc(-c3ccc4oc5cccc(-c6nc(-c7ccccc7)nc(-c7ccc8c(c7)oc7ccccc78)n6)c5c4c3)c3c(c2)oc2ccccc23)cc1. The molecule has 266 valence electrons. The second-order valence-corrected chi connectivity index (χ2v) is 14.3. The van der Waals surface area contributed by atoms with Crippen molar-refractivity contribution < 1.29 is 13.3 Å². The molecular formula is C51H29N3O3. The van der Waals surface area contributed by atoms with E-state index in [0.717, 1.165) is 105 Å². The fourth-order valence-electron chi connectivity index (χ4n) is 8.27. The van der Waals surface area contributed by atoms with Crippen LogP contribution in [-0.2, 0) is 0 Å². The van der Waals surface area contributed by atoms with E-state index in [4.69, 9.17) is 28.2 Å². The number of aromatic nitrogens is 3. The Morgan fingerprint density at radius 3 is 1.65 bits per heavy atom. The summed E-state index contributed by atoms with van der Waals surface area (Å²) in [5, 5.41) is 6.18. The van der Waals surface area contributed by atoms with Crippen LogP contribution in [0.15, 0.2) is 189 Å². The highest BCUT2D eigenvalue weighted by atomic mass is 16.3. The summed E-state index contributed by atoms with van der Waals surface area (Å²) in [6, 6.07) is 59.9. The van der Waals surface area contributed by atoms with E-state index >= 15 is 0 Å². The topological polar surface area (TPSA) is 78.1 Å². The number of benzene rings is 8. The lowest BCUT2D eigenvalue weighted by atomic mass is 9.93. The predicted molar refractivity (Wildman–Crippen MR) is 229 cm³/mol. The first-order valence-electron chi connectivity index (χ1n) is 18.9. The Kier molecular flexibility index (Phi) is 6.83. The highest BCUT2D eigenvalue weighted by Gasteiger charge is 2.21. The molecule has 57 heavy (non-hydrogen) atoms. The van der Waals surface area contributed by atoms with Crippen LogP contribution in [0.1, 0.15) is 0 Å². The molecule has 0 fully saturated rings. The zero-order chi connectivity index (χ0) is 37.5. The largest absolute Gasteiger partial charge is 0.456 e. The lowest BCUT2D eigenvalue weighted by Gasteiger charge is -2.10. The fourth-order valence-corrected chi connectivity index (χ4v) is 8.27. The number of fused-ring (bicyclic) bond motifs is 9. The van der Waals surface area contributed by atoms with E-state index < -0.39 is 0 Å². The van der Waals surface area contributed by atoms with E-state index in [-0.39, 0.29) is 0 Å². The van der Waals surface area contributed by atoms with Crippen molar-refractivity contribution in [2.75, 3.05) is 0 Å². The Morgan fingerprint density at radius 2 is 0.825 bits per heavy atom. The average Bonchev–Trinajstić information content (AvgIpc) is 3.97. The van der Waals surface area contributed by atoms with Crippen molar-refractivity contribution >= 4 is 65.8 Å². The summed E-state index contributed by atoms with van der Waals surface area (Å²) in [7, 11) is 0. The number of rotatable bonds is 5. The van der Waals surface area contributed by atoms with Crippen LogP contribution in [0.4, 0.5) is 0 Å². The van der Waals surface area contributed by atoms with Gasteiger partial charge in [-0.15, -0.1) is 0 Å². The van der Waals surface area contributed by atoms with Crippen LogP contribution in [0.2, 0.25) is 0 Å². The zero-order valence-corrected chi connectivity index (χ0v) is 30.3. The molecule has 4 aromatic heterocycles. The van der Waals surface area contributed by atoms with Crippen molar-refractivity contribution in [2.24, 2.45) is 0 Å². The second kappa shape index (κ2) is 12.3. The van der Waals surface area contributed by atoms with E-state index in [1.54, 1.807) is 0 Å². The second-order valence-electron chi connectivity index (χ2n) is 14.3. The molecule has 0 amide bonds. The lowest BCUT2D eigenvalue weighted by Crippen LogP contribution is -2.00. The molecule has 4 heterocycles. The number of nitrogens with zero attached hydrogens (tertiary/aromatic N) is 3. The van der Waals surface area contributed by atoms with E-state index in [9.17, 15) is 0 Å². The van der Waals surface area contributed by atoms with Gasteiger partial charge in [0.2, 0.25) is 0 Å². The number of hydrogen-bond donors (Lipinski definition) is 0. The van der Waals surface area contributed by atoms with Gasteiger partial charge < -0.3 is 13.3 Å². The van der Waals surface area contributed by atoms with Crippen LogP contribution in [-0.4, -0.2) is 15.0 Å². The van der Waals surface area contributed by atoms with Crippen molar-refractivity contribution in [1.29, 1.82) is 0 Å². The van der Waals surface area contributed by atoms with Crippen molar-refractivity contribution in [3.63, 3.8) is 0 Å². The van der Waals surface area contributed by atoms with Gasteiger partial charge in [0.05, 0.1) is 0 Å². The average molecular weight is 732 g/mol. The smallest absolute Gasteiger partial charge is 0.164 e. The Morgan fingerprint density at radius 1 is 0.263 bits per heavy atom. The van der Waals surface area contributed by atoms with Gasteiger partial charge in [-0.25, -0.2) is 15.0 Å². The Bertz CT molecular complexity index is 3530. The number of hydrogen-bond acceptors (Lipinski definition) is 6. The van der Waals surface area contributed by atoms with E-state index in [1.165, 1.54) is 0 Å². The first kappa shape index (κ1) is 31.5. The molecule has 0 aliphatic heterocycles. The fraction of sp³-hybridized carbons (Fsp3) is 0. The van der Waals surface area contributed by atoms with Gasteiger partial charge in [0, 0.05) is 49.0 Å². The third-order valence-electron chi connectivity index (χ3n) is 10.9. The highest BCUT2D eigenvalue weighted by molar-refractivity contribution is 6.17. The summed E-state index contributed by atoms with van der Waals surface area (Å²) in [5.41, 5.74) is 11.8. The minimum atomic E-state index is 0.552. The quantitative estimate of drug-likeness (QED) is 0.175. The summed E-state index contributed by atoms with van der Waals surface area (Å²) in [6.45, 7) is 0. The highest BCUT2D eigenvalue weighted by Crippen LogP contribution is 2.43. The van der Waals surface area contributed by atoms with Crippen molar-refractivity contribution in [3.05, 3.63) is 176 Å². The Hall–Kier alpha value is -7.83. The van der Waals surface area contributed by atoms with Crippen LogP contribution >= 0.6 is 0 Å². The first-order chi connectivity index (χ1) is 28.2. The van der Waals surface area contributed by atoms with Gasteiger partial charge in [0.1, 0.15) is 33.5 Å². The number of para-hydroxylation sites is 2. The normalized spacial score (nSPS) is 11.9. The molecule has 6 nitrogen and oxygen atoms in total. The van der Waals surface area contributed by atoms with Crippen molar-refractivity contribution in [2.45, 2.75) is 0 Å². The lowest BCUT2D eigenvalue weighted by molar-refractivity contribution is 0.668. The molecule has 12 aromatic rings. The third kappa shape index (κ3) is 5.08. The van der Waals surface area contributed by atoms with Crippen LogP contribution in [0.3, 0.4) is 0 Å². The predicted octanol–water partition coefficient (Wildman–Crippen LogP) is 13.9. The van der Waals surface area contributed by atoms with E-state index in [1.807, 2.05) is 84.9 Å². The van der Waals surface area contributed by atoms with Gasteiger partial charge in [0.15, 0.2) is 17.5 Å². The van der Waals surface area contributed by atoms with Gasteiger partial charge in [-0.3, -0.25) is 0 Å². The molecule has 0 atom stereocenters. The molecule has 0 saturated carbocycles. The molecule has 0 unspecified atom stereocenters. The summed E-state index contributed by atoms with van der Waals surface area (Å²) in [5.74, 6) is 1.69. The zero-order valence-electron chi connectivity index (χ0n) is 30.3. The van der Waals surface area contributed by atoms with Crippen LogP contribution in [0.5, 0.6) is 0 Å². The molecule has 0 aliphatic carbocycles. The van der Waals surface area contributed by atoms with Gasteiger partial charge >= 0.3 is 0 Å². The van der Waals surface area contributed by atoms with Crippen molar-refractivity contribution in [1.82, 2.24) is 15.0 Å². The molecule has 6 heteroatoms. The third-order valence-corrected chi connectivity index (χ3v) is 10.9. The standard InChI is InChI=1S/C51H29N3O3/c1-3-12-30(13-4-1)34-27-39(47-37-17-8-10-20-42(37)57-46(47)29-34)32-23-25-43-40(26-32)48-38(18-11-21-44(48)55-43)51-53-49(31-14-5-2-6-15-31)52-50(54-51)33-22-24-36-35-16-7-9-19-41(35)56-45(36)28-33/h1-29H. The summed E-state index contributed by atoms with van der Waals surface area (Å²) < 4.78 is 19.3. The van der Waals surface area contributed by atoms with Crippen LogP contribution in [0, 0.1) is 0 Å². The van der Waals surface area contributed by atoms with Crippen LogP contribution in [0.25, 0.3) is 122 Å². The molecular weight excluding hydrogens is 703 g/mol. The molecule has 8 aromatic carbocycles. The number of furan rings is 3. The summed E-state index contributed by atoms with van der Waals surface area (Å²) in [6.07, 6.45) is 0. The first-order valence-corrected chi connectivity index (χ1v) is 18.9. The summed E-state index contributed by atoms with van der Waals surface area (Å²) >= 11 is 0. The maximum Gasteiger partial charge on any atom is 0.164 e. The minimum Gasteiger partial charge on any atom is -0.456 e.